The van der Waals surface area contributed by atoms with Gasteiger partial charge >= 0.3 is 0 Å². The summed E-state index contributed by atoms with van der Waals surface area (Å²) in [5.74, 6) is 0. The smallest absolute Gasteiger partial charge is 0.0658 e. The first-order valence-corrected chi connectivity index (χ1v) is 6.86. The molecule has 4 nitrogen and oxygen atoms in total. The van der Waals surface area contributed by atoms with Gasteiger partial charge in [0, 0.05) is 38.6 Å². The number of rotatable bonds is 4. The van der Waals surface area contributed by atoms with E-state index in [1.54, 1.807) is 0 Å². The van der Waals surface area contributed by atoms with Crippen LogP contribution in [0.4, 0.5) is 0 Å². The first-order valence-electron chi connectivity index (χ1n) is 6.86. The first-order chi connectivity index (χ1) is 8.42. The zero-order valence-electron chi connectivity index (χ0n) is 10.5. The lowest BCUT2D eigenvalue weighted by molar-refractivity contribution is 0.251. The van der Waals surface area contributed by atoms with Crippen molar-refractivity contribution in [3.8, 4) is 0 Å². The van der Waals surface area contributed by atoms with E-state index in [4.69, 9.17) is 0 Å². The minimum atomic E-state index is 0.601. The molecule has 0 aliphatic carbocycles. The molecule has 0 saturated carbocycles. The molecule has 2 aliphatic rings. The van der Waals surface area contributed by atoms with Crippen molar-refractivity contribution in [3.63, 3.8) is 0 Å². The maximum atomic E-state index is 4.35. The van der Waals surface area contributed by atoms with Crippen LogP contribution in [0, 0.1) is 0 Å². The van der Waals surface area contributed by atoms with Gasteiger partial charge in [-0.25, -0.2) is 0 Å². The van der Waals surface area contributed by atoms with Gasteiger partial charge in [-0.2, -0.15) is 5.10 Å². The fourth-order valence-corrected chi connectivity index (χ4v) is 3.02. The van der Waals surface area contributed by atoms with Gasteiger partial charge in [0.2, 0.25) is 0 Å². The molecule has 17 heavy (non-hydrogen) atoms. The normalized spacial score (nSPS) is 26.9. The third kappa shape index (κ3) is 2.69. The highest BCUT2D eigenvalue weighted by Gasteiger charge is 2.24. The third-order valence-electron chi connectivity index (χ3n) is 4.08. The van der Waals surface area contributed by atoms with Crippen molar-refractivity contribution in [1.29, 1.82) is 0 Å². The van der Waals surface area contributed by atoms with Crippen LogP contribution in [0.2, 0.25) is 0 Å². The number of nitrogens with zero attached hydrogens (tertiary/aromatic N) is 4. The van der Waals surface area contributed by atoms with Crippen molar-refractivity contribution in [2.75, 3.05) is 39.3 Å². The molecule has 2 aliphatic heterocycles. The maximum absolute atomic E-state index is 4.35. The molecule has 0 amide bonds. The lowest BCUT2D eigenvalue weighted by atomic mass is 10.3. The second-order valence-electron chi connectivity index (χ2n) is 5.28. The Bertz CT molecular complexity index is 329. The lowest BCUT2D eigenvalue weighted by Crippen LogP contribution is -2.32. The Morgan fingerprint density at radius 3 is 2.65 bits per heavy atom. The van der Waals surface area contributed by atoms with Crippen molar-refractivity contribution in [2.45, 2.75) is 25.3 Å². The minimum absolute atomic E-state index is 0.601. The molecule has 2 fully saturated rings. The summed E-state index contributed by atoms with van der Waals surface area (Å²) in [7, 11) is 0. The summed E-state index contributed by atoms with van der Waals surface area (Å²) in [6, 6.07) is 2.62. The molecule has 3 rings (SSSR count). The standard InChI is InChI=1S/C13H22N4/c1-2-7-15(6-1)10-11-16-9-4-13(12-16)17-8-3-5-14-17/h3,5,8,13H,1-2,4,6-7,9-12H2. The molecule has 4 heteroatoms. The third-order valence-corrected chi connectivity index (χ3v) is 4.08. The lowest BCUT2D eigenvalue weighted by Gasteiger charge is -2.20. The van der Waals surface area contributed by atoms with Crippen LogP contribution in [0.15, 0.2) is 18.5 Å². The number of likely N-dealkylation sites (tertiary alicyclic amines) is 2. The van der Waals surface area contributed by atoms with Gasteiger partial charge in [0.25, 0.3) is 0 Å². The van der Waals surface area contributed by atoms with Crippen LogP contribution in [-0.4, -0.2) is 58.8 Å². The van der Waals surface area contributed by atoms with Crippen molar-refractivity contribution >= 4 is 0 Å². The highest BCUT2D eigenvalue weighted by Crippen LogP contribution is 2.20. The van der Waals surface area contributed by atoms with Gasteiger partial charge in [0.1, 0.15) is 0 Å². The van der Waals surface area contributed by atoms with Crippen LogP contribution < -0.4 is 0 Å². The quantitative estimate of drug-likeness (QED) is 0.783. The van der Waals surface area contributed by atoms with Crippen LogP contribution in [0.25, 0.3) is 0 Å². The summed E-state index contributed by atoms with van der Waals surface area (Å²) >= 11 is 0. The molecule has 0 aromatic carbocycles. The van der Waals surface area contributed by atoms with Crippen LogP contribution in [0.5, 0.6) is 0 Å². The van der Waals surface area contributed by atoms with Crippen molar-refractivity contribution in [2.24, 2.45) is 0 Å². The van der Waals surface area contributed by atoms with Gasteiger partial charge in [-0.15, -0.1) is 0 Å². The Kier molecular flexibility index (Phi) is 3.43. The molecular weight excluding hydrogens is 212 g/mol. The molecule has 1 unspecified atom stereocenters. The fourth-order valence-electron chi connectivity index (χ4n) is 3.02. The molecular formula is C13H22N4. The molecule has 94 valence electrons. The van der Waals surface area contributed by atoms with Crippen LogP contribution >= 0.6 is 0 Å². The highest BCUT2D eigenvalue weighted by molar-refractivity contribution is 4.86. The number of hydrogen-bond donors (Lipinski definition) is 0. The maximum Gasteiger partial charge on any atom is 0.0658 e. The summed E-state index contributed by atoms with van der Waals surface area (Å²) in [5.41, 5.74) is 0. The molecule has 1 aromatic heterocycles. The summed E-state index contributed by atoms with van der Waals surface area (Å²) < 4.78 is 2.12. The average molecular weight is 234 g/mol. The second-order valence-corrected chi connectivity index (χ2v) is 5.28. The Labute approximate surface area is 103 Å². The van der Waals surface area contributed by atoms with Gasteiger partial charge in [-0.1, -0.05) is 0 Å². The predicted molar refractivity (Wildman–Crippen MR) is 68.0 cm³/mol. The Morgan fingerprint density at radius 2 is 1.88 bits per heavy atom. The molecule has 1 aromatic rings. The van der Waals surface area contributed by atoms with Crippen molar-refractivity contribution in [3.05, 3.63) is 18.5 Å². The van der Waals surface area contributed by atoms with Crippen molar-refractivity contribution in [1.82, 2.24) is 19.6 Å². The fraction of sp³-hybridized carbons (Fsp3) is 0.769. The Balaban J connectivity index is 1.44. The summed E-state index contributed by atoms with van der Waals surface area (Å²) in [6.07, 6.45) is 8.02. The van der Waals surface area contributed by atoms with E-state index in [2.05, 4.69) is 25.8 Å². The Morgan fingerprint density at radius 1 is 1.06 bits per heavy atom. The zero-order chi connectivity index (χ0) is 11.5. The predicted octanol–water partition coefficient (Wildman–Crippen LogP) is 1.23. The average Bonchev–Trinajstić information content (AvgIpc) is 3.09. The van der Waals surface area contributed by atoms with E-state index in [-0.39, 0.29) is 0 Å². The van der Waals surface area contributed by atoms with E-state index in [0.29, 0.717) is 6.04 Å². The van der Waals surface area contributed by atoms with Gasteiger partial charge in [0.15, 0.2) is 0 Å². The highest BCUT2D eigenvalue weighted by atomic mass is 15.3. The van der Waals surface area contributed by atoms with Crippen LogP contribution in [0.1, 0.15) is 25.3 Å². The molecule has 0 spiro atoms. The summed E-state index contributed by atoms with van der Waals surface area (Å²) in [6.45, 7) is 7.53. The molecule has 0 radical (unpaired) electrons. The van der Waals surface area contributed by atoms with E-state index in [0.717, 1.165) is 0 Å². The van der Waals surface area contributed by atoms with Gasteiger partial charge in [-0.3, -0.25) is 9.58 Å². The topological polar surface area (TPSA) is 24.3 Å². The van der Waals surface area contributed by atoms with E-state index < -0.39 is 0 Å². The summed E-state index contributed by atoms with van der Waals surface area (Å²) in [4.78, 5) is 5.19. The minimum Gasteiger partial charge on any atom is -0.302 e. The van der Waals surface area contributed by atoms with Gasteiger partial charge < -0.3 is 4.90 Å². The Hall–Kier alpha value is -0.870. The monoisotopic (exact) mass is 234 g/mol. The zero-order valence-corrected chi connectivity index (χ0v) is 10.5. The molecule has 1 atom stereocenters. The number of aromatic nitrogens is 2. The van der Waals surface area contributed by atoms with E-state index in [1.807, 2.05) is 12.3 Å². The van der Waals surface area contributed by atoms with Crippen LogP contribution in [0.3, 0.4) is 0 Å². The molecule has 3 heterocycles. The molecule has 0 bridgehead atoms. The van der Waals surface area contributed by atoms with Crippen LogP contribution in [-0.2, 0) is 0 Å². The van der Waals surface area contributed by atoms with Gasteiger partial charge in [-0.05, 0) is 38.4 Å². The van der Waals surface area contributed by atoms with Gasteiger partial charge in [0.05, 0.1) is 6.04 Å². The van der Waals surface area contributed by atoms with E-state index >= 15 is 0 Å². The second kappa shape index (κ2) is 5.19. The van der Waals surface area contributed by atoms with Crippen molar-refractivity contribution < 1.29 is 0 Å². The van der Waals surface area contributed by atoms with E-state index in [9.17, 15) is 0 Å². The SMILES string of the molecule is c1cnn(C2CCN(CCN3CCCC3)C2)c1. The first kappa shape index (κ1) is 11.2. The molecule has 2 saturated heterocycles. The van der Waals surface area contributed by atoms with E-state index in [1.165, 1.54) is 58.5 Å². The number of hydrogen-bond acceptors (Lipinski definition) is 3. The largest absolute Gasteiger partial charge is 0.302 e. The summed E-state index contributed by atoms with van der Waals surface area (Å²) in [5, 5.41) is 4.35. The molecule has 0 N–H and O–H groups in total.